The van der Waals surface area contributed by atoms with Gasteiger partial charge in [-0.25, -0.2) is 4.39 Å². The number of hydrogen-bond acceptors (Lipinski definition) is 4. The molecule has 2 rings (SSSR count). The Hall–Kier alpha value is -2.89. The van der Waals surface area contributed by atoms with Crippen molar-refractivity contribution >= 4 is 11.9 Å². The lowest BCUT2D eigenvalue weighted by Gasteiger charge is -2.07. The molecular formula is C20H22FNO4. The quantitative estimate of drug-likeness (QED) is 0.699. The normalized spacial score (nSPS) is 10.2. The van der Waals surface area contributed by atoms with Gasteiger partial charge in [0, 0.05) is 13.0 Å². The van der Waals surface area contributed by atoms with Crippen molar-refractivity contribution in [2.24, 2.45) is 0 Å². The Balaban J connectivity index is 1.60. The maximum absolute atomic E-state index is 12.8. The number of methoxy groups -OCH3 is 1. The zero-order valence-electron chi connectivity index (χ0n) is 14.7. The molecule has 1 N–H and O–H groups in total. The number of ether oxygens (including phenoxy) is 2. The summed E-state index contributed by atoms with van der Waals surface area (Å²) < 4.78 is 22.8. The number of rotatable bonds is 9. The van der Waals surface area contributed by atoms with Gasteiger partial charge in [-0.1, -0.05) is 24.3 Å². The van der Waals surface area contributed by atoms with Crippen LogP contribution in [0.3, 0.4) is 0 Å². The van der Waals surface area contributed by atoms with E-state index in [4.69, 9.17) is 9.47 Å². The van der Waals surface area contributed by atoms with Gasteiger partial charge in [0.1, 0.15) is 11.6 Å². The van der Waals surface area contributed by atoms with Gasteiger partial charge in [-0.2, -0.15) is 0 Å². The lowest BCUT2D eigenvalue weighted by atomic mass is 10.1. The van der Waals surface area contributed by atoms with E-state index in [1.807, 2.05) is 24.3 Å². The molecule has 0 saturated carbocycles. The number of benzene rings is 2. The molecular weight excluding hydrogens is 337 g/mol. The number of hydrogen-bond donors (Lipinski definition) is 1. The van der Waals surface area contributed by atoms with Gasteiger partial charge in [-0.3, -0.25) is 9.59 Å². The molecule has 0 bridgehead atoms. The SMILES string of the molecule is COc1ccc(CCNC(=O)COC(=O)CCc2ccc(F)cc2)cc1. The highest BCUT2D eigenvalue weighted by atomic mass is 19.1. The van der Waals surface area contributed by atoms with E-state index in [9.17, 15) is 14.0 Å². The molecule has 0 saturated heterocycles. The molecule has 138 valence electrons. The first kappa shape index (κ1) is 19.4. The van der Waals surface area contributed by atoms with Crippen molar-refractivity contribution in [1.29, 1.82) is 0 Å². The number of carbonyl (C=O) groups excluding carboxylic acids is 2. The van der Waals surface area contributed by atoms with E-state index in [1.165, 1.54) is 12.1 Å². The van der Waals surface area contributed by atoms with E-state index in [0.717, 1.165) is 16.9 Å². The molecule has 0 aliphatic heterocycles. The zero-order valence-corrected chi connectivity index (χ0v) is 14.7. The maximum Gasteiger partial charge on any atom is 0.306 e. The predicted octanol–water partition coefficient (Wildman–Crippen LogP) is 2.67. The third-order valence-electron chi connectivity index (χ3n) is 3.79. The summed E-state index contributed by atoms with van der Waals surface area (Å²) in [6.45, 7) is 0.156. The Kier molecular flexibility index (Phi) is 7.61. The van der Waals surface area contributed by atoms with Gasteiger partial charge in [0.25, 0.3) is 5.91 Å². The number of esters is 1. The minimum Gasteiger partial charge on any atom is -0.497 e. The van der Waals surface area contributed by atoms with Crippen molar-refractivity contribution in [1.82, 2.24) is 5.32 Å². The summed E-state index contributed by atoms with van der Waals surface area (Å²) in [4.78, 5) is 23.4. The van der Waals surface area contributed by atoms with Crippen LogP contribution >= 0.6 is 0 Å². The monoisotopic (exact) mass is 359 g/mol. The fourth-order valence-corrected chi connectivity index (χ4v) is 2.31. The topological polar surface area (TPSA) is 64.6 Å². The van der Waals surface area contributed by atoms with Crippen LogP contribution in [0.25, 0.3) is 0 Å². The summed E-state index contributed by atoms with van der Waals surface area (Å²) >= 11 is 0. The Morgan fingerprint density at radius 1 is 0.962 bits per heavy atom. The van der Waals surface area contributed by atoms with Crippen molar-refractivity contribution in [3.8, 4) is 5.75 Å². The van der Waals surface area contributed by atoms with Gasteiger partial charge < -0.3 is 14.8 Å². The summed E-state index contributed by atoms with van der Waals surface area (Å²) in [5, 5.41) is 2.71. The van der Waals surface area contributed by atoms with Gasteiger partial charge in [-0.15, -0.1) is 0 Å². The molecule has 0 aliphatic carbocycles. The summed E-state index contributed by atoms with van der Waals surface area (Å²) in [6.07, 6.45) is 1.26. The second-order valence-corrected chi connectivity index (χ2v) is 5.74. The van der Waals surface area contributed by atoms with Crippen molar-refractivity contribution < 1.29 is 23.5 Å². The molecule has 5 nitrogen and oxygen atoms in total. The van der Waals surface area contributed by atoms with Crippen LogP contribution in [-0.2, 0) is 27.2 Å². The Labute approximate surface area is 152 Å². The average molecular weight is 359 g/mol. The molecule has 0 heterocycles. The minimum atomic E-state index is -0.459. The highest BCUT2D eigenvalue weighted by molar-refractivity contribution is 5.80. The standard InChI is InChI=1S/C20H22FNO4/c1-25-18-9-4-16(5-10-18)12-13-22-19(23)14-26-20(24)11-6-15-2-7-17(21)8-3-15/h2-5,7-10H,6,11-14H2,1H3,(H,22,23). The number of halogens is 1. The Bertz CT molecular complexity index is 714. The summed E-state index contributed by atoms with van der Waals surface area (Å²) in [6, 6.07) is 13.5. The molecule has 0 aliphatic rings. The molecule has 0 spiro atoms. The molecule has 2 aromatic rings. The van der Waals surface area contributed by atoms with Gasteiger partial charge in [0.05, 0.1) is 7.11 Å². The first-order chi connectivity index (χ1) is 12.6. The van der Waals surface area contributed by atoms with E-state index in [2.05, 4.69) is 5.32 Å². The van der Waals surface area contributed by atoms with Crippen LogP contribution in [0.5, 0.6) is 5.75 Å². The van der Waals surface area contributed by atoms with Crippen LogP contribution in [-0.4, -0.2) is 32.1 Å². The van der Waals surface area contributed by atoms with Gasteiger partial charge >= 0.3 is 5.97 Å². The molecule has 1 amide bonds. The number of amides is 1. The van der Waals surface area contributed by atoms with Crippen molar-refractivity contribution in [3.05, 3.63) is 65.5 Å². The number of aryl methyl sites for hydroxylation is 1. The van der Waals surface area contributed by atoms with Gasteiger partial charge in [0.2, 0.25) is 0 Å². The largest absolute Gasteiger partial charge is 0.497 e. The second-order valence-electron chi connectivity index (χ2n) is 5.74. The predicted molar refractivity (Wildman–Crippen MR) is 95.4 cm³/mol. The van der Waals surface area contributed by atoms with E-state index >= 15 is 0 Å². The first-order valence-corrected chi connectivity index (χ1v) is 8.36. The minimum absolute atomic E-state index is 0.144. The fourth-order valence-electron chi connectivity index (χ4n) is 2.31. The molecule has 0 aromatic heterocycles. The lowest BCUT2D eigenvalue weighted by Crippen LogP contribution is -2.30. The maximum atomic E-state index is 12.8. The first-order valence-electron chi connectivity index (χ1n) is 8.36. The Morgan fingerprint density at radius 2 is 1.58 bits per heavy atom. The summed E-state index contributed by atoms with van der Waals surface area (Å²) in [5.41, 5.74) is 1.91. The highest BCUT2D eigenvalue weighted by Crippen LogP contribution is 2.11. The summed E-state index contributed by atoms with van der Waals surface area (Å²) in [7, 11) is 1.61. The third kappa shape index (κ3) is 6.93. The van der Waals surface area contributed by atoms with Crippen molar-refractivity contribution in [3.63, 3.8) is 0 Å². The van der Waals surface area contributed by atoms with Crippen LogP contribution in [0.1, 0.15) is 17.5 Å². The van der Waals surface area contributed by atoms with Crippen LogP contribution in [0, 0.1) is 5.82 Å². The Morgan fingerprint density at radius 3 is 2.23 bits per heavy atom. The van der Waals surface area contributed by atoms with Crippen LogP contribution in [0.2, 0.25) is 0 Å². The van der Waals surface area contributed by atoms with Gasteiger partial charge in [-0.05, 0) is 48.2 Å². The highest BCUT2D eigenvalue weighted by Gasteiger charge is 2.08. The fraction of sp³-hybridized carbons (Fsp3) is 0.300. The van der Waals surface area contributed by atoms with E-state index < -0.39 is 5.97 Å². The van der Waals surface area contributed by atoms with Crippen LogP contribution in [0.15, 0.2) is 48.5 Å². The zero-order chi connectivity index (χ0) is 18.8. The molecule has 0 unspecified atom stereocenters. The van der Waals surface area contributed by atoms with Crippen LogP contribution in [0.4, 0.5) is 4.39 Å². The van der Waals surface area contributed by atoms with E-state index in [0.29, 0.717) is 19.4 Å². The number of carbonyl (C=O) groups is 2. The molecule has 2 aromatic carbocycles. The van der Waals surface area contributed by atoms with Crippen LogP contribution < -0.4 is 10.1 Å². The smallest absolute Gasteiger partial charge is 0.306 e. The third-order valence-corrected chi connectivity index (χ3v) is 3.79. The van der Waals surface area contributed by atoms with Crippen molar-refractivity contribution in [2.45, 2.75) is 19.3 Å². The number of nitrogens with one attached hydrogen (secondary N) is 1. The molecule has 0 atom stereocenters. The van der Waals surface area contributed by atoms with Gasteiger partial charge in [0.15, 0.2) is 6.61 Å². The second kappa shape index (κ2) is 10.2. The molecule has 6 heteroatoms. The molecule has 0 radical (unpaired) electrons. The average Bonchev–Trinajstić information content (AvgIpc) is 2.66. The van der Waals surface area contributed by atoms with Crippen molar-refractivity contribution in [2.75, 3.05) is 20.3 Å². The van der Waals surface area contributed by atoms with E-state index in [1.54, 1.807) is 19.2 Å². The summed E-state index contributed by atoms with van der Waals surface area (Å²) in [5.74, 6) is -0.332. The van der Waals surface area contributed by atoms with E-state index in [-0.39, 0.29) is 24.8 Å². The molecule has 26 heavy (non-hydrogen) atoms. The lowest BCUT2D eigenvalue weighted by molar-refractivity contribution is -0.148. The molecule has 0 fully saturated rings.